The molecule has 0 aliphatic carbocycles. The third-order valence-corrected chi connectivity index (χ3v) is 5.38. The third-order valence-electron chi connectivity index (χ3n) is 5.38. The average molecular weight is 382 g/mol. The van der Waals surface area contributed by atoms with Crippen molar-refractivity contribution in [3.05, 3.63) is 95.8 Å². The molecule has 4 aromatic rings. The molecule has 0 radical (unpaired) electrons. The van der Waals surface area contributed by atoms with Gasteiger partial charge in [-0.25, -0.2) is 4.68 Å². The highest BCUT2D eigenvalue weighted by atomic mass is 16.5. The number of benzene rings is 3. The van der Waals surface area contributed by atoms with Crippen LogP contribution in [0.2, 0.25) is 0 Å². The van der Waals surface area contributed by atoms with Crippen molar-refractivity contribution in [2.75, 3.05) is 7.11 Å². The van der Waals surface area contributed by atoms with Crippen LogP contribution < -0.4 is 4.74 Å². The van der Waals surface area contributed by atoms with Crippen LogP contribution in [0.3, 0.4) is 0 Å². The normalized spacial score (nSPS) is 13.4. The number of ether oxygens (including phenoxy) is 1. The molecule has 144 valence electrons. The maximum absolute atomic E-state index is 5.28. The Morgan fingerprint density at radius 2 is 1.72 bits per heavy atom. The van der Waals surface area contributed by atoms with Gasteiger partial charge in [0.05, 0.1) is 24.7 Å². The van der Waals surface area contributed by atoms with Crippen molar-refractivity contribution in [1.29, 1.82) is 0 Å². The minimum absolute atomic E-state index is 0.800. The number of hydrogen-bond donors (Lipinski definition) is 0. The minimum Gasteiger partial charge on any atom is -0.497 e. The van der Waals surface area contributed by atoms with Gasteiger partial charge in [0.15, 0.2) is 0 Å². The molecule has 1 aromatic heterocycles. The van der Waals surface area contributed by atoms with E-state index in [0.29, 0.717) is 0 Å². The number of aromatic nitrogens is 3. The van der Waals surface area contributed by atoms with Gasteiger partial charge in [0.25, 0.3) is 0 Å². The van der Waals surface area contributed by atoms with Gasteiger partial charge in [0, 0.05) is 19.6 Å². The van der Waals surface area contributed by atoms with E-state index in [2.05, 4.69) is 69.8 Å². The van der Waals surface area contributed by atoms with Crippen LogP contribution in [-0.4, -0.2) is 27.0 Å². The summed E-state index contributed by atoms with van der Waals surface area (Å²) in [5, 5.41) is 8.51. The van der Waals surface area contributed by atoms with Gasteiger partial charge in [-0.05, 0) is 46.5 Å². The molecule has 2 heterocycles. The lowest BCUT2D eigenvalue weighted by atomic mass is 10.0. The molecule has 0 fully saturated rings. The van der Waals surface area contributed by atoms with E-state index in [1.165, 1.54) is 22.3 Å². The molecule has 0 saturated carbocycles. The fourth-order valence-corrected chi connectivity index (χ4v) is 3.92. The van der Waals surface area contributed by atoms with E-state index in [1.807, 2.05) is 29.1 Å². The van der Waals surface area contributed by atoms with E-state index in [4.69, 9.17) is 4.74 Å². The zero-order valence-electron chi connectivity index (χ0n) is 16.3. The Hall–Kier alpha value is -3.44. The molecular formula is C24H22N4O. The van der Waals surface area contributed by atoms with Crippen LogP contribution in [0.4, 0.5) is 0 Å². The standard InChI is InChI=1S/C24H22N4O/c1-29-23-10-7-18(8-11-23)15-27-16-21-13-20(19-5-3-2-4-6-19)9-12-24(21)28-22(17-27)14-25-26-28/h2-14H,15-17H2,1H3. The number of methoxy groups -OCH3 is 1. The van der Waals surface area contributed by atoms with Crippen molar-refractivity contribution in [3.63, 3.8) is 0 Å². The highest BCUT2D eigenvalue weighted by molar-refractivity contribution is 5.66. The fraction of sp³-hybridized carbons (Fsp3) is 0.167. The van der Waals surface area contributed by atoms with Crippen molar-refractivity contribution in [1.82, 2.24) is 19.9 Å². The first-order valence-corrected chi connectivity index (χ1v) is 9.74. The molecule has 0 unspecified atom stereocenters. The largest absolute Gasteiger partial charge is 0.497 e. The molecule has 0 bridgehead atoms. The summed E-state index contributed by atoms with van der Waals surface area (Å²) in [6, 6.07) is 25.4. The van der Waals surface area contributed by atoms with E-state index in [-0.39, 0.29) is 0 Å². The molecule has 1 aliphatic rings. The smallest absolute Gasteiger partial charge is 0.118 e. The molecule has 0 saturated heterocycles. The Balaban J connectivity index is 1.50. The van der Waals surface area contributed by atoms with Crippen LogP contribution in [0, 0.1) is 0 Å². The van der Waals surface area contributed by atoms with Gasteiger partial charge >= 0.3 is 0 Å². The second kappa shape index (κ2) is 7.53. The van der Waals surface area contributed by atoms with Crippen LogP contribution in [-0.2, 0) is 19.6 Å². The summed E-state index contributed by atoms with van der Waals surface area (Å²) < 4.78 is 7.25. The first-order chi connectivity index (χ1) is 14.3. The number of rotatable bonds is 4. The summed E-state index contributed by atoms with van der Waals surface area (Å²) in [4.78, 5) is 2.43. The Morgan fingerprint density at radius 3 is 2.52 bits per heavy atom. The first-order valence-electron chi connectivity index (χ1n) is 9.74. The highest BCUT2D eigenvalue weighted by Gasteiger charge is 2.21. The zero-order chi connectivity index (χ0) is 19.6. The molecule has 5 rings (SSSR count). The lowest BCUT2D eigenvalue weighted by Gasteiger charge is -2.20. The van der Waals surface area contributed by atoms with Crippen molar-refractivity contribution in [2.45, 2.75) is 19.6 Å². The van der Waals surface area contributed by atoms with Gasteiger partial charge in [0.2, 0.25) is 0 Å². The van der Waals surface area contributed by atoms with E-state index < -0.39 is 0 Å². The molecule has 29 heavy (non-hydrogen) atoms. The van der Waals surface area contributed by atoms with Crippen LogP contribution in [0.25, 0.3) is 16.8 Å². The molecule has 0 atom stereocenters. The second-order valence-electron chi connectivity index (χ2n) is 7.34. The number of nitrogens with zero attached hydrogens (tertiary/aromatic N) is 4. The highest BCUT2D eigenvalue weighted by Crippen LogP contribution is 2.29. The zero-order valence-corrected chi connectivity index (χ0v) is 16.3. The van der Waals surface area contributed by atoms with Gasteiger partial charge in [-0.2, -0.15) is 0 Å². The lowest BCUT2D eigenvalue weighted by molar-refractivity contribution is 0.248. The summed E-state index contributed by atoms with van der Waals surface area (Å²) in [5.41, 5.74) is 7.16. The van der Waals surface area contributed by atoms with Crippen molar-refractivity contribution < 1.29 is 4.74 Å². The first kappa shape index (κ1) is 17.6. The van der Waals surface area contributed by atoms with Gasteiger partial charge in [0.1, 0.15) is 5.75 Å². The average Bonchev–Trinajstić information content (AvgIpc) is 3.17. The van der Waals surface area contributed by atoms with E-state index in [9.17, 15) is 0 Å². The Bertz CT molecular complexity index is 1120. The number of fused-ring (bicyclic) bond motifs is 3. The van der Waals surface area contributed by atoms with Crippen molar-refractivity contribution in [3.8, 4) is 22.6 Å². The monoisotopic (exact) mass is 382 g/mol. The van der Waals surface area contributed by atoms with Crippen LogP contribution >= 0.6 is 0 Å². The minimum atomic E-state index is 0.800. The Morgan fingerprint density at radius 1 is 0.897 bits per heavy atom. The van der Waals surface area contributed by atoms with Crippen LogP contribution in [0.5, 0.6) is 5.75 Å². The maximum atomic E-state index is 5.28. The molecule has 5 heteroatoms. The van der Waals surface area contributed by atoms with Gasteiger partial charge < -0.3 is 4.74 Å². The predicted molar refractivity (Wildman–Crippen MR) is 113 cm³/mol. The van der Waals surface area contributed by atoms with Gasteiger partial charge in [-0.3, -0.25) is 4.90 Å². The van der Waals surface area contributed by atoms with E-state index in [1.54, 1.807) is 7.11 Å². The van der Waals surface area contributed by atoms with Crippen LogP contribution in [0.15, 0.2) is 79.0 Å². The summed E-state index contributed by atoms with van der Waals surface area (Å²) in [7, 11) is 1.69. The Kier molecular flexibility index (Phi) is 4.58. The second-order valence-corrected chi connectivity index (χ2v) is 7.34. The number of hydrogen-bond acceptors (Lipinski definition) is 4. The molecule has 0 amide bonds. The molecule has 0 N–H and O–H groups in total. The van der Waals surface area contributed by atoms with Gasteiger partial charge in [-0.15, -0.1) is 5.10 Å². The third kappa shape index (κ3) is 3.52. The fourth-order valence-electron chi connectivity index (χ4n) is 3.92. The molecule has 3 aromatic carbocycles. The Labute approximate surface area is 170 Å². The topological polar surface area (TPSA) is 43.2 Å². The molecule has 5 nitrogen and oxygen atoms in total. The molecule has 1 aliphatic heterocycles. The lowest BCUT2D eigenvalue weighted by Crippen LogP contribution is -2.21. The summed E-state index contributed by atoms with van der Waals surface area (Å²) >= 11 is 0. The van der Waals surface area contributed by atoms with Crippen molar-refractivity contribution in [2.24, 2.45) is 0 Å². The summed E-state index contributed by atoms with van der Waals surface area (Å²) in [5.74, 6) is 0.879. The van der Waals surface area contributed by atoms with Crippen LogP contribution in [0.1, 0.15) is 16.8 Å². The maximum Gasteiger partial charge on any atom is 0.118 e. The molecule has 0 spiro atoms. The van der Waals surface area contributed by atoms with E-state index >= 15 is 0 Å². The SMILES string of the molecule is COc1ccc(CN2Cc3cc(-c4ccccc4)ccc3-n3nncc3C2)cc1. The van der Waals surface area contributed by atoms with Crippen molar-refractivity contribution >= 4 is 0 Å². The quantitative estimate of drug-likeness (QED) is 0.523. The molecular weight excluding hydrogens is 360 g/mol. The predicted octanol–water partition coefficient (Wildman–Crippen LogP) is 4.46. The summed E-state index contributed by atoms with van der Waals surface area (Å²) in [6.45, 7) is 2.50. The van der Waals surface area contributed by atoms with E-state index in [0.717, 1.165) is 36.8 Å². The summed E-state index contributed by atoms with van der Waals surface area (Å²) in [6.07, 6.45) is 1.86. The van der Waals surface area contributed by atoms with Gasteiger partial charge in [-0.1, -0.05) is 53.7 Å².